The number of halogens is 1. The van der Waals surface area contributed by atoms with Crippen LogP contribution in [0.5, 0.6) is 5.75 Å². The summed E-state index contributed by atoms with van der Waals surface area (Å²) in [4.78, 5) is 25.1. The first-order valence-electron chi connectivity index (χ1n) is 7.38. The van der Waals surface area contributed by atoms with Gasteiger partial charge in [0.15, 0.2) is 11.4 Å². The Balaban J connectivity index is 2.87. The van der Waals surface area contributed by atoms with Crippen molar-refractivity contribution in [3.05, 3.63) is 38.7 Å². The van der Waals surface area contributed by atoms with Crippen LogP contribution in [0.3, 0.4) is 0 Å². The minimum Gasteiger partial charge on any atom is -0.505 e. The number of fused-ring (bicyclic) bond motifs is 1. The van der Waals surface area contributed by atoms with Crippen molar-refractivity contribution in [2.75, 3.05) is 6.61 Å². The third-order valence-corrected chi connectivity index (χ3v) is 3.80. The van der Waals surface area contributed by atoms with Gasteiger partial charge in [-0.05, 0) is 30.5 Å². The summed E-state index contributed by atoms with van der Waals surface area (Å²) in [5.41, 5.74) is -0.666. The zero-order chi connectivity index (χ0) is 17.4. The summed E-state index contributed by atoms with van der Waals surface area (Å²) in [6.45, 7) is 8.00. The first kappa shape index (κ1) is 17.5. The van der Waals surface area contributed by atoms with Crippen molar-refractivity contribution in [3.8, 4) is 5.75 Å². The van der Waals surface area contributed by atoms with Crippen LogP contribution in [0.2, 0.25) is 0 Å². The van der Waals surface area contributed by atoms with Gasteiger partial charge in [0.1, 0.15) is 0 Å². The Bertz CT molecular complexity index is 818. The lowest BCUT2D eigenvalue weighted by molar-refractivity contribution is 0.0506. The lowest BCUT2D eigenvalue weighted by atomic mass is 9.96. The van der Waals surface area contributed by atoms with Gasteiger partial charge in [0.2, 0.25) is 0 Å². The molecule has 0 aliphatic heterocycles. The Kier molecular flexibility index (Phi) is 4.84. The Morgan fingerprint density at radius 3 is 2.52 bits per heavy atom. The van der Waals surface area contributed by atoms with Gasteiger partial charge in [-0.2, -0.15) is 0 Å². The molecule has 0 amide bonds. The third-order valence-electron chi connectivity index (χ3n) is 3.31. The van der Waals surface area contributed by atoms with Crippen molar-refractivity contribution >= 4 is 32.7 Å². The molecule has 0 bridgehead atoms. The quantitative estimate of drug-likeness (QED) is 0.823. The van der Waals surface area contributed by atoms with Gasteiger partial charge in [-0.15, -0.1) is 0 Å². The van der Waals surface area contributed by atoms with Gasteiger partial charge in [0.05, 0.1) is 12.0 Å². The molecule has 6 heteroatoms. The van der Waals surface area contributed by atoms with Crippen molar-refractivity contribution in [1.29, 1.82) is 0 Å². The molecule has 0 fully saturated rings. The molecule has 23 heavy (non-hydrogen) atoms. The van der Waals surface area contributed by atoms with E-state index < -0.39 is 5.97 Å². The summed E-state index contributed by atoms with van der Waals surface area (Å²) in [7, 11) is 0. The summed E-state index contributed by atoms with van der Waals surface area (Å²) in [5.74, 6) is -0.933. The Hall–Kier alpha value is -1.82. The number of esters is 1. The first-order chi connectivity index (χ1) is 10.7. The average molecular weight is 382 g/mol. The van der Waals surface area contributed by atoms with Crippen LogP contribution in [-0.2, 0) is 11.3 Å². The maximum Gasteiger partial charge on any atom is 0.358 e. The summed E-state index contributed by atoms with van der Waals surface area (Å²) in [6, 6.07) is 4.99. The van der Waals surface area contributed by atoms with E-state index in [2.05, 4.69) is 15.9 Å². The number of aromatic nitrogens is 1. The van der Waals surface area contributed by atoms with Gasteiger partial charge in [0, 0.05) is 16.4 Å². The Labute approximate surface area is 143 Å². The van der Waals surface area contributed by atoms with Crippen molar-refractivity contribution < 1.29 is 14.6 Å². The summed E-state index contributed by atoms with van der Waals surface area (Å²) in [6.07, 6.45) is 0. The van der Waals surface area contributed by atoms with Crippen LogP contribution in [0.15, 0.2) is 27.5 Å². The predicted octanol–water partition coefficient (Wildman–Crippen LogP) is 3.69. The molecule has 0 spiro atoms. The molecule has 0 aliphatic rings. The van der Waals surface area contributed by atoms with E-state index in [9.17, 15) is 14.7 Å². The van der Waals surface area contributed by atoms with Crippen LogP contribution in [0.4, 0.5) is 0 Å². The monoisotopic (exact) mass is 381 g/mol. The van der Waals surface area contributed by atoms with Gasteiger partial charge in [-0.3, -0.25) is 9.36 Å². The van der Waals surface area contributed by atoms with Crippen LogP contribution in [0, 0.1) is 5.41 Å². The van der Waals surface area contributed by atoms with Crippen LogP contribution in [-0.4, -0.2) is 22.2 Å². The minimum absolute atomic E-state index is 0.0997. The lowest BCUT2D eigenvalue weighted by Crippen LogP contribution is -2.32. The second kappa shape index (κ2) is 6.35. The number of benzene rings is 1. The third kappa shape index (κ3) is 3.58. The molecule has 1 N–H and O–H groups in total. The molecule has 1 heterocycles. The van der Waals surface area contributed by atoms with E-state index in [-0.39, 0.29) is 29.0 Å². The average Bonchev–Trinajstić information content (AvgIpc) is 2.43. The van der Waals surface area contributed by atoms with Crippen LogP contribution in [0.1, 0.15) is 38.2 Å². The molecule has 1 aromatic carbocycles. The molecule has 2 rings (SSSR count). The van der Waals surface area contributed by atoms with Gasteiger partial charge in [0.25, 0.3) is 5.56 Å². The van der Waals surface area contributed by atoms with E-state index in [1.807, 2.05) is 20.8 Å². The van der Waals surface area contributed by atoms with E-state index in [1.165, 1.54) is 4.57 Å². The first-order valence-corrected chi connectivity index (χ1v) is 8.17. The number of carbonyl (C=O) groups is 1. The molecule has 0 aliphatic carbocycles. The Morgan fingerprint density at radius 2 is 1.96 bits per heavy atom. The van der Waals surface area contributed by atoms with Crippen molar-refractivity contribution in [1.82, 2.24) is 4.57 Å². The zero-order valence-electron chi connectivity index (χ0n) is 13.6. The van der Waals surface area contributed by atoms with Gasteiger partial charge >= 0.3 is 5.97 Å². The van der Waals surface area contributed by atoms with E-state index in [1.54, 1.807) is 25.1 Å². The number of hydrogen-bond donors (Lipinski definition) is 1. The molecule has 2 aromatic rings. The molecule has 1 aromatic heterocycles. The highest BCUT2D eigenvalue weighted by molar-refractivity contribution is 9.10. The lowest BCUT2D eigenvalue weighted by Gasteiger charge is -2.23. The second-order valence-electron chi connectivity index (χ2n) is 6.56. The summed E-state index contributed by atoms with van der Waals surface area (Å²) in [5, 5.41) is 11.3. The Morgan fingerprint density at radius 1 is 1.30 bits per heavy atom. The topological polar surface area (TPSA) is 68.5 Å². The highest BCUT2D eigenvalue weighted by Gasteiger charge is 2.25. The van der Waals surface area contributed by atoms with Crippen molar-refractivity contribution in [2.24, 2.45) is 5.41 Å². The zero-order valence-corrected chi connectivity index (χ0v) is 15.2. The fraction of sp³-hybridized carbons (Fsp3) is 0.412. The molecular formula is C17H20BrNO4. The molecule has 0 unspecified atom stereocenters. The van der Waals surface area contributed by atoms with Gasteiger partial charge in [-0.25, -0.2) is 4.79 Å². The standard InChI is InChI=1S/C17H20BrNO4/c1-5-23-16(22)13-14(20)12-8-10(18)6-7-11(12)15(21)19(13)9-17(2,3)4/h6-8,20H,5,9H2,1-4H3. The fourth-order valence-corrected chi connectivity index (χ4v) is 2.79. The summed E-state index contributed by atoms with van der Waals surface area (Å²) >= 11 is 3.31. The van der Waals surface area contributed by atoms with Crippen LogP contribution >= 0.6 is 15.9 Å². The maximum atomic E-state index is 12.8. The minimum atomic E-state index is -0.701. The molecule has 0 radical (unpaired) electrons. The predicted molar refractivity (Wildman–Crippen MR) is 93.0 cm³/mol. The number of rotatable bonds is 3. The van der Waals surface area contributed by atoms with Crippen molar-refractivity contribution in [3.63, 3.8) is 0 Å². The molecule has 0 saturated heterocycles. The molecule has 0 saturated carbocycles. The van der Waals surface area contributed by atoms with E-state index in [0.717, 1.165) is 0 Å². The maximum absolute atomic E-state index is 12.8. The fourth-order valence-electron chi connectivity index (χ4n) is 2.43. The second-order valence-corrected chi connectivity index (χ2v) is 7.48. The highest BCUT2D eigenvalue weighted by atomic mass is 79.9. The van der Waals surface area contributed by atoms with E-state index in [0.29, 0.717) is 21.8 Å². The van der Waals surface area contributed by atoms with E-state index in [4.69, 9.17) is 4.74 Å². The number of pyridine rings is 1. The number of nitrogens with zero attached hydrogens (tertiary/aromatic N) is 1. The molecule has 5 nitrogen and oxygen atoms in total. The number of carbonyl (C=O) groups excluding carboxylic acids is 1. The normalized spacial score (nSPS) is 11.7. The van der Waals surface area contributed by atoms with Crippen LogP contribution in [0.25, 0.3) is 10.8 Å². The summed E-state index contributed by atoms with van der Waals surface area (Å²) < 4.78 is 7.05. The number of ether oxygens (including phenoxy) is 1. The molecular weight excluding hydrogens is 362 g/mol. The van der Waals surface area contributed by atoms with Gasteiger partial charge in [-0.1, -0.05) is 36.7 Å². The number of hydrogen-bond acceptors (Lipinski definition) is 4. The smallest absolute Gasteiger partial charge is 0.358 e. The van der Waals surface area contributed by atoms with E-state index >= 15 is 0 Å². The van der Waals surface area contributed by atoms with Crippen LogP contribution < -0.4 is 5.56 Å². The van der Waals surface area contributed by atoms with Crippen molar-refractivity contribution in [2.45, 2.75) is 34.2 Å². The largest absolute Gasteiger partial charge is 0.505 e. The molecule has 124 valence electrons. The molecule has 0 atom stereocenters. The number of aromatic hydroxyl groups is 1. The highest BCUT2D eigenvalue weighted by Crippen LogP contribution is 2.30. The SMILES string of the molecule is CCOC(=O)c1c(O)c2cc(Br)ccc2c(=O)n1CC(C)(C)C. The van der Waals surface area contributed by atoms with Gasteiger partial charge < -0.3 is 9.84 Å².